The van der Waals surface area contributed by atoms with E-state index in [9.17, 15) is 0 Å². The number of aryl methyl sites for hydroxylation is 1. The number of hydrogen-bond donors (Lipinski definition) is 1. The highest BCUT2D eigenvalue weighted by Crippen LogP contribution is 2.18. The number of pyridine rings is 1. The number of nitrogens with one attached hydrogen (secondary N) is 1. The Morgan fingerprint density at radius 2 is 2.18 bits per heavy atom. The third kappa shape index (κ3) is 3.28. The van der Waals surface area contributed by atoms with Gasteiger partial charge < -0.3 is 5.32 Å². The van der Waals surface area contributed by atoms with E-state index in [0.717, 1.165) is 30.1 Å². The van der Waals surface area contributed by atoms with Crippen LogP contribution in [-0.2, 0) is 19.5 Å². The maximum Gasteiger partial charge on any atom is 0.0634 e. The lowest BCUT2D eigenvalue weighted by molar-refractivity contribution is 0.696. The average molecular weight is 267 g/mol. The Hall–Kier alpha value is -0.900. The monoisotopic (exact) mass is 266 g/mol. The van der Waals surface area contributed by atoms with Crippen molar-refractivity contribution in [1.82, 2.24) is 10.3 Å². The van der Waals surface area contributed by atoms with E-state index in [2.05, 4.69) is 28.7 Å². The normalized spacial score (nSPS) is 10.7. The number of aromatic nitrogens is 1. The van der Waals surface area contributed by atoms with Crippen molar-refractivity contribution in [3.8, 4) is 0 Å². The zero-order valence-corrected chi connectivity index (χ0v) is 11.3. The highest BCUT2D eigenvalue weighted by atomic mass is 35.5. The number of hydrogen-bond acceptors (Lipinski definition) is 3. The fraction of sp³-hybridized carbons (Fsp3) is 0.308. The summed E-state index contributed by atoms with van der Waals surface area (Å²) < 4.78 is 0. The first-order valence-electron chi connectivity index (χ1n) is 5.65. The molecule has 0 spiro atoms. The molecule has 2 nitrogen and oxygen atoms in total. The summed E-state index contributed by atoms with van der Waals surface area (Å²) in [6, 6.07) is 4.14. The Balaban J connectivity index is 1.90. The molecule has 4 heteroatoms. The first-order valence-corrected chi connectivity index (χ1v) is 6.91. The van der Waals surface area contributed by atoms with Crippen molar-refractivity contribution in [3.63, 3.8) is 0 Å². The minimum absolute atomic E-state index is 0.724. The average Bonchev–Trinajstić information content (AvgIpc) is 2.79. The molecule has 90 valence electrons. The smallest absolute Gasteiger partial charge is 0.0634 e. The van der Waals surface area contributed by atoms with Gasteiger partial charge in [0.1, 0.15) is 0 Å². The quantitative estimate of drug-likeness (QED) is 0.894. The predicted molar refractivity (Wildman–Crippen MR) is 73.5 cm³/mol. The highest BCUT2D eigenvalue weighted by molar-refractivity contribution is 7.10. The number of halogens is 1. The van der Waals surface area contributed by atoms with Crippen molar-refractivity contribution >= 4 is 22.9 Å². The van der Waals surface area contributed by atoms with E-state index in [1.807, 2.05) is 6.07 Å². The first kappa shape index (κ1) is 12.6. The summed E-state index contributed by atoms with van der Waals surface area (Å²) >= 11 is 7.85. The fourth-order valence-corrected chi connectivity index (χ4v) is 2.83. The van der Waals surface area contributed by atoms with Crippen LogP contribution in [0.25, 0.3) is 0 Å². The van der Waals surface area contributed by atoms with E-state index in [0.29, 0.717) is 0 Å². The SMILES string of the molecule is CCc1ccsc1CNCc1ccncc1Cl. The standard InChI is InChI=1S/C13H15ClN2S/c1-2-10-4-6-17-13(10)9-16-7-11-3-5-15-8-12(11)14/h3-6,8,16H,2,7,9H2,1H3. The van der Waals surface area contributed by atoms with E-state index < -0.39 is 0 Å². The third-order valence-electron chi connectivity index (χ3n) is 2.68. The van der Waals surface area contributed by atoms with Crippen molar-refractivity contribution in [2.45, 2.75) is 26.4 Å². The van der Waals surface area contributed by atoms with E-state index in [4.69, 9.17) is 11.6 Å². The van der Waals surface area contributed by atoms with E-state index in [-0.39, 0.29) is 0 Å². The van der Waals surface area contributed by atoms with Gasteiger partial charge in [0.15, 0.2) is 0 Å². The van der Waals surface area contributed by atoms with Crippen LogP contribution in [0.15, 0.2) is 29.9 Å². The second kappa shape index (κ2) is 6.15. The molecule has 2 aromatic heterocycles. The summed E-state index contributed by atoms with van der Waals surface area (Å²) in [6.45, 7) is 3.87. The Bertz CT molecular complexity index is 482. The molecule has 0 aliphatic heterocycles. The molecule has 1 N–H and O–H groups in total. The van der Waals surface area contributed by atoms with Crippen molar-refractivity contribution in [2.75, 3.05) is 0 Å². The van der Waals surface area contributed by atoms with Crippen LogP contribution in [0.3, 0.4) is 0 Å². The van der Waals surface area contributed by atoms with Gasteiger partial charge in [-0.1, -0.05) is 18.5 Å². The van der Waals surface area contributed by atoms with Crippen LogP contribution in [0.1, 0.15) is 22.9 Å². The van der Waals surface area contributed by atoms with Gasteiger partial charge in [-0.3, -0.25) is 4.98 Å². The van der Waals surface area contributed by atoms with Gasteiger partial charge in [-0.2, -0.15) is 0 Å². The van der Waals surface area contributed by atoms with Crippen LogP contribution >= 0.6 is 22.9 Å². The van der Waals surface area contributed by atoms with Gasteiger partial charge in [0.25, 0.3) is 0 Å². The van der Waals surface area contributed by atoms with Gasteiger partial charge in [0.05, 0.1) is 5.02 Å². The maximum absolute atomic E-state index is 6.04. The molecule has 0 aliphatic carbocycles. The molecule has 0 saturated heterocycles. The number of nitrogens with zero attached hydrogens (tertiary/aromatic N) is 1. The van der Waals surface area contributed by atoms with Crippen LogP contribution in [-0.4, -0.2) is 4.98 Å². The van der Waals surface area contributed by atoms with Crippen LogP contribution in [0.4, 0.5) is 0 Å². The third-order valence-corrected chi connectivity index (χ3v) is 3.98. The first-order chi connectivity index (χ1) is 8.31. The molecule has 2 heterocycles. The van der Waals surface area contributed by atoms with Crippen molar-refractivity contribution in [1.29, 1.82) is 0 Å². The molecule has 0 atom stereocenters. The molecule has 0 aliphatic rings. The minimum Gasteiger partial charge on any atom is -0.308 e. The summed E-state index contributed by atoms with van der Waals surface area (Å²) in [7, 11) is 0. The highest BCUT2D eigenvalue weighted by Gasteiger charge is 2.03. The lowest BCUT2D eigenvalue weighted by Gasteiger charge is -2.06. The summed E-state index contributed by atoms with van der Waals surface area (Å²) in [5.41, 5.74) is 2.53. The molecular formula is C13H15ClN2S. The Morgan fingerprint density at radius 1 is 1.29 bits per heavy atom. The van der Waals surface area contributed by atoms with Crippen molar-refractivity contribution in [2.24, 2.45) is 0 Å². The van der Waals surface area contributed by atoms with Crippen molar-refractivity contribution in [3.05, 3.63) is 50.9 Å². The zero-order valence-electron chi connectivity index (χ0n) is 9.74. The minimum atomic E-state index is 0.724. The molecule has 0 bridgehead atoms. The molecule has 0 saturated carbocycles. The van der Waals surface area contributed by atoms with Crippen LogP contribution in [0, 0.1) is 0 Å². The Morgan fingerprint density at radius 3 is 2.94 bits per heavy atom. The van der Waals surface area contributed by atoms with Gasteiger partial charge in [-0.15, -0.1) is 11.3 Å². The van der Waals surface area contributed by atoms with Gasteiger partial charge in [-0.05, 0) is 35.1 Å². The molecule has 0 fully saturated rings. The Labute approximate surface area is 111 Å². The number of rotatable bonds is 5. The Kier molecular flexibility index (Phi) is 4.54. The summed E-state index contributed by atoms with van der Waals surface area (Å²) in [5.74, 6) is 0. The summed E-state index contributed by atoms with van der Waals surface area (Å²) in [4.78, 5) is 5.39. The van der Waals surface area contributed by atoms with Crippen LogP contribution in [0.5, 0.6) is 0 Å². The molecule has 17 heavy (non-hydrogen) atoms. The van der Waals surface area contributed by atoms with E-state index in [1.165, 1.54) is 10.4 Å². The fourth-order valence-electron chi connectivity index (χ4n) is 1.70. The van der Waals surface area contributed by atoms with Crippen molar-refractivity contribution < 1.29 is 0 Å². The lowest BCUT2D eigenvalue weighted by Crippen LogP contribution is -2.13. The van der Waals surface area contributed by atoms with E-state index in [1.54, 1.807) is 23.7 Å². The molecule has 0 radical (unpaired) electrons. The zero-order chi connectivity index (χ0) is 12.1. The van der Waals surface area contributed by atoms with Crippen LogP contribution in [0.2, 0.25) is 5.02 Å². The molecule has 2 rings (SSSR count). The second-order valence-corrected chi connectivity index (χ2v) is 5.20. The van der Waals surface area contributed by atoms with Gasteiger partial charge in [0.2, 0.25) is 0 Å². The van der Waals surface area contributed by atoms with Gasteiger partial charge in [-0.25, -0.2) is 0 Å². The molecule has 0 amide bonds. The molecule has 2 aromatic rings. The van der Waals surface area contributed by atoms with Crippen LogP contribution < -0.4 is 5.32 Å². The van der Waals surface area contributed by atoms with Gasteiger partial charge >= 0.3 is 0 Å². The van der Waals surface area contributed by atoms with E-state index >= 15 is 0 Å². The maximum atomic E-state index is 6.04. The summed E-state index contributed by atoms with van der Waals surface area (Å²) in [5, 5.41) is 6.29. The number of thiophene rings is 1. The van der Waals surface area contributed by atoms with Gasteiger partial charge in [0, 0.05) is 30.4 Å². The molecule has 0 unspecified atom stereocenters. The molecular weight excluding hydrogens is 252 g/mol. The second-order valence-electron chi connectivity index (χ2n) is 3.79. The largest absolute Gasteiger partial charge is 0.308 e. The topological polar surface area (TPSA) is 24.9 Å². The molecule has 0 aromatic carbocycles. The predicted octanol–water partition coefficient (Wildman–Crippen LogP) is 3.65. The lowest BCUT2D eigenvalue weighted by atomic mass is 10.2. The summed E-state index contributed by atoms with van der Waals surface area (Å²) in [6.07, 6.45) is 4.54.